The van der Waals surface area contributed by atoms with Crippen molar-refractivity contribution in [3.05, 3.63) is 65.2 Å². The van der Waals surface area contributed by atoms with Crippen LogP contribution in [0.5, 0.6) is 0 Å². The molecule has 0 aliphatic heterocycles. The maximum Gasteiger partial charge on any atom is 0.255 e. The van der Waals surface area contributed by atoms with E-state index in [2.05, 4.69) is 5.32 Å². The van der Waals surface area contributed by atoms with Crippen molar-refractivity contribution in [2.75, 3.05) is 19.4 Å². The average Bonchev–Trinajstić information content (AvgIpc) is 2.56. The van der Waals surface area contributed by atoms with Crippen LogP contribution in [0.2, 0.25) is 0 Å². The van der Waals surface area contributed by atoms with Gasteiger partial charge in [0.05, 0.1) is 18.1 Å². The summed E-state index contributed by atoms with van der Waals surface area (Å²) in [5.41, 5.74) is 2.54. The molecule has 0 atom stereocenters. The average molecular weight is 307 g/mol. The molecule has 0 spiro atoms. The van der Waals surface area contributed by atoms with Crippen LogP contribution in [0.4, 0.5) is 5.69 Å². The van der Waals surface area contributed by atoms with Crippen molar-refractivity contribution in [3.63, 3.8) is 0 Å². The molecule has 5 nitrogen and oxygen atoms in total. The fraction of sp³-hybridized carbons (Fsp3) is 0.167. The van der Waals surface area contributed by atoms with Gasteiger partial charge in [0.1, 0.15) is 0 Å². The lowest BCUT2D eigenvalue weighted by molar-refractivity contribution is -0.127. The van der Waals surface area contributed by atoms with E-state index in [1.807, 2.05) is 18.2 Å². The van der Waals surface area contributed by atoms with Crippen molar-refractivity contribution >= 4 is 17.5 Å². The molecule has 0 fully saturated rings. The van der Waals surface area contributed by atoms with E-state index in [0.29, 0.717) is 23.2 Å². The quantitative estimate of drug-likeness (QED) is 0.943. The molecule has 2 amide bonds. The van der Waals surface area contributed by atoms with Crippen LogP contribution in [0.3, 0.4) is 0 Å². The lowest BCUT2D eigenvalue weighted by atomic mass is 10.1. The van der Waals surface area contributed by atoms with E-state index in [1.165, 1.54) is 0 Å². The van der Waals surface area contributed by atoms with Crippen LogP contribution in [0, 0.1) is 11.3 Å². The first-order chi connectivity index (χ1) is 11.0. The summed E-state index contributed by atoms with van der Waals surface area (Å²) >= 11 is 0. The van der Waals surface area contributed by atoms with Crippen LogP contribution >= 0.6 is 0 Å². The van der Waals surface area contributed by atoms with Crippen molar-refractivity contribution in [2.45, 2.75) is 6.42 Å². The van der Waals surface area contributed by atoms with Crippen molar-refractivity contribution < 1.29 is 9.59 Å². The van der Waals surface area contributed by atoms with Gasteiger partial charge in [-0.2, -0.15) is 5.26 Å². The molecule has 0 radical (unpaired) electrons. The number of benzene rings is 2. The number of rotatable bonds is 4. The number of hydrogen-bond donors (Lipinski definition) is 1. The molecule has 0 saturated carbocycles. The Morgan fingerprint density at radius 1 is 1.04 bits per heavy atom. The van der Waals surface area contributed by atoms with Gasteiger partial charge in [-0.05, 0) is 42.0 Å². The zero-order valence-electron chi connectivity index (χ0n) is 13.0. The molecule has 23 heavy (non-hydrogen) atoms. The number of amides is 2. The van der Waals surface area contributed by atoms with Gasteiger partial charge in [-0.3, -0.25) is 9.59 Å². The summed E-state index contributed by atoms with van der Waals surface area (Å²) in [5.74, 6) is -0.217. The number of likely N-dealkylation sites (N-methyl/N-ethyl adjacent to an activating group) is 1. The summed E-state index contributed by atoms with van der Waals surface area (Å²) in [4.78, 5) is 25.3. The molecule has 0 aliphatic carbocycles. The predicted molar refractivity (Wildman–Crippen MR) is 88.0 cm³/mol. The van der Waals surface area contributed by atoms with Gasteiger partial charge in [-0.15, -0.1) is 0 Å². The van der Waals surface area contributed by atoms with Crippen LogP contribution in [-0.2, 0) is 11.2 Å². The van der Waals surface area contributed by atoms with Gasteiger partial charge >= 0.3 is 0 Å². The Balaban J connectivity index is 2.01. The SMILES string of the molecule is CN(C)C(=O)Cc1ccc(NC(=O)c2ccc(C#N)cc2)cc1. The smallest absolute Gasteiger partial charge is 0.255 e. The molecule has 0 aliphatic rings. The maximum absolute atomic E-state index is 12.1. The highest BCUT2D eigenvalue weighted by Gasteiger charge is 2.08. The third-order valence-corrected chi connectivity index (χ3v) is 3.34. The lowest BCUT2D eigenvalue weighted by Gasteiger charge is -2.10. The van der Waals surface area contributed by atoms with E-state index >= 15 is 0 Å². The molecule has 0 unspecified atom stereocenters. The summed E-state index contributed by atoms with van der Waals surface area (Å²) in [7, 11) is 3.43. The van der Waals surface area contributed by atoms with Gasteiger partial charge in [0.2, 0.25) is 5.91 Å². The summed E-state index contributed by atoms with van der Waals surface area (Å²) in [6.07, 6.45) is 0.330. The minimum atomic E-state index is -0.244. The summed E-state index contributed by atoms with van der Waals surface area (Å²) in [5, 5.41) is 11.5. The number of carbonyl (C=O) groups excluding carboxylic acids is 2. The van der Waals surface area contributed by atoms with Gasteiger partial charge < -0.3 is 10.2 Å². The van der Waals surface area contributed by atoms with Crippen LogP contribution in [0.15, 0.2) is 48.5 Å². The molecule has 0 saturated heterocycles. The fourth-order valence-corrected chi connectivity index (χ4v) is 1.94. The minimum absolute atomic E-state index is 0.0272. The van der Waals surface area contributed by atoms with Gasteiger partial charge in [0, 0.05) is 25.3 Å². The van der Waals surface area contributed by atoms with Crippen LogP contribution < -0.4 is 5.32 Å². The Morgan fingerprint density at radius 2 is 1.65 bits per heavy atom. The fourth-order valence-electron chi connectivity index (χ4n) is 1.94. The third-order valence-electron chi connectivity index (χ3n) is 3.34. The summed E-state index contributed by atoms with van der Waals surface area (Å²) in [6, 6.07) is 15.6. The second kappa shape index (κ2) is 7.23. The number of anilines is 1. The Labute approximate surface area is 135 Å². The van der Waals surface area contributed by atoms with E-state index in [1.54, 1.807) is 55.4 Å². The molecule has 2 rings (SSSR count). The van der Waals surface area contributed by atoms with Crippen LogP contribution in [0.1, 0.15) is 21.5 Å². The normalized spacial score (nSPS) is 9.78. The first-order valence-corrected chi connectivity index (χ1v) is 7.10. The number of nitrogens with zero attached hydrogens (tertiary/aromatic N) is 2. The van der Waals surface area contributed by atoms with Gasteiger partial charge in [0.25, 0.3) is 5.91 Å². The highest BCUT2D eigenvalue weighted by molar-refractivity contribution is 6.04. The van der Waals surface area contributed by atoms with Crippen molar-refractivity contribution in [3.8, 4) is 6.07 Å². The molecular weight excluding hydrogens is 290 g/mol. The minimum Gasteiger partial charge on any atom is -0.349 e. The Hall–Kier alpha value is -3.13. The van der Waals surface area contributed by atoms with Crippen molar-refractivity contribution in [1.82, 2.24) is 4.90 Å². The molecule has 1 N–H and O–H groups in total. The predicted octanol–water partition coefficient (Wildman–Crippen LogP) is 2.44. The number of hydrogen-bond acceptors (Lipinski definition) is 3. The largest absolute Gasteiger partial charge is 0.349 e. The molecule has 0 bridgehead atoms. The van der Waals surface area contributed by atoms with E-state index in [4.69, 9.17) is 5.26 Å². The van der Waals surface area contributed by atoms with Crippen molar-refractivity contribution in [1.29, 1.82) is 5.26 Å². The first kappa shape index (κ1) is 16.2. The molecule has 0 heterocycles. The maximum atomic E-state index is 12.1. The van der Waals surface area contributed by atoms with E-state index in [9.17, 15) is 9.59 Å². The second-order valence-corrected chi connectivity index (χ2v) is 5.31. The molecule has 2 aromatic carbocycles. The highest BCUT2D eigenvalue weighted by atomic mass is 16.2. The monoisotopic (exact) mass is 307 g/mol. The Bertz CT molecular complexity index is 741. The van der Waals surface area contributed by atoms with Gasteiger partial charge in [-0.25, -0.2) is 0 Å². The molecule has 116 valence electrons. The van der Waals surface area contributed by atoms with Crippen LogP contribution in [0.25, 0.3) is 0 Å². The highest BCUT2D eigenvalue weighted by Crippen LogP contribution is 2.13. The number of nitriles is 1. The molecule has 5 heteroatoms. The standard InChI is InChI=1S/C18H17N3O2/c1-21(2)17(22)11-13-5-9-16(10-6-13)20-18(23)15-7-3-14(12-19)4-8-15/h3-10H,11H2,1-2H3,(H,20,23). The van der Waals surface area contributed by atoms with E-state index < -0.39 is 0 Å². The van der Waals surface area contributed by atoms with Crippen LogP contribution in [-0.4, -0.2) is 30.8 Å². The number of carbonyl (C=O) groups is 2. The number of nitrogens with one attached hydrogen (secondary N) is 1. The zero-order valence-corrected chi connectivity index (χ0v) is 13.0. The van der Waals surface area contributed by atoms with Gasteiger partial charge in [-0.1, -0.05) is 12.1 Å². The second-order valence-electron chi connectivity index (χ2n) is 5.31. The van der Waals surface area contributed by atoms with E-state index in [0.717, 1.165) is 5.56 Å². The molecular formula is C18H17N3O2. The van der Waals surface area contributed by atoms with Gasteiger partial charge in [0.15, 0.2) is 0 Å². The van der Waals surface area contributed by atoms with Crippen molar-refractivity contribution in [2.24, 2.45) is 0 Å². The summed E-state index contributed by atoms with van der Waals surface area (Å²) in [6.45, 7) is 0. The Kier molecular flexibility index (Phi) is 5.11. The molecule has 0 aromatic heterocycles. The molecule has 2 aromatic rings. The zero-order chi connectivity index (χ0) is 16.8. The first-order valence-electron chi connectivity index (χ1n) is 7.10. The summed E-state index contributed by atoms with van der Waals surface area (Å²) < 4.78 is 0. The van der Waals surface area contributed by atoms with E-state index in [-0.39, 0.29) is 11.8 Å². The Morgan fingerprint density at radius 3 is 2.17 bits per heavy atom. The topological polar surface area (TPSA) is 73.2 Å². The third kappa shape index (κ3) is 4.42. The lowest BCUT2D eigenvalue weighted by Crippen LogP contribution is -2.23.